The van der Waals surface area contributed by atoms with Gasteiger partial charge in [-0.3, -0.25) is 9.59 Å². The van der Waals surface area contributed by atoms with E-state index in [2.05, 4.69) is 0 Å². The molecule has 0 spiro atoms. The standard InChI is InChI=1S/C20H18FNO3/c1-13(23)17-18(15-7-9-16(21)10-8-15)22(20(25)19(17)24)12-11-14-5-3-2-4-6-14/h2-10,18,24H,11-12H2,1H3/t18-/m0/s1. The number of carbonyl (C=O) groups excluding carboxylic acids is 2. The van der Waals surface area contributed by atoms with E-state index in [0.29, 0.717) is 18.5 Å². The SMILES string of the molecule is CC(=O)C1=C(O)C(=O)N(CCc2ccccc2)[C@H]1c1ccc(F)cc1. The van der Waals surface area contributed by atoms with E-state index < -0.39 is 23.5 Å². The zero-order valence-corrected chi connectivity index (χ0v) is 13.8. The number of amides is 1. The van der Waals surface area contributed by atoms with Gasteiger partial charge >= 0.3 is 0 Å². The Bertz CT molecular complexity index is 828. The molecule has 3 rings (SSSR count). The summed E-state index contributed by atoms with van der Waals surface area (Å²) in [5, 5.41) is 10.2. The van der Waals surface area contributed by atoms with E-state index in [4.69, 9.17) is 0 Å². The molecule has 2 aromatic rings. The molecule has 1 N–H and O–H groups in total. The van der Waals surface area contributed by atoms with E-state index in [9.17, 15) is 19.1 Å². The number of ketones is 1. The van der Waals surface area contributed by atoms with Crippen molar-refractivity contribution in [3.8, 4) is 0 Å². The molecule has 1 heterocycles. The van der Waals surface area contributed by atoms with Crippen molar-refractivity contribution in [2.45, 2.75) is 19.4 Å². The molecule has 0 fully saturated rings. The van der Waals surface area contributed by atoms with Crippen LogP contribution in [0.4, 0.5) is 4.39 Å². The van der Waals surface area contributed by atoms with Gasteiger partial charge in [0.05, 0.1) is 11.6 Å². The molecule has 1 atom stereocenters. The highest BCUT2D eigenvalue weighted by Gasteiger charge is 2.41. The van der Waals surface area contributed by atoms with Crippen molar-refractivity contribution >= 4 is 11.7 Å². The van der Waals surface area contributed by atoms with Gasteiger partial charge in [-0.05, 0) is 36.6 Å². The maximum atomic E-state index is 13.2. The fourth-order valence-electron chi connectivity index (χ4n) is 3.13. The fraction of sp³-hybridized carbons (Fsp3) is 0.200. The van der Waals surface area contributed by atoms with Crippen molar-refractivity contribution in [3.63, 3.8) is 0 Å². The van der Waals surface area contributed by atoms with E-state index >= 15 is 0 Å². The van der Waals surface area contributed by atoms with Gasteiger partial charge in [0.15, 0.2) is 11.5 Å². The average molecular weight is 339 g/mol. The van der Waals surface area contributed by atoms with Gasteiger partial charge in [-0.1, -0.05) is 42.5 Å². The van der Waals surface area contributed by atoms with Crippen molar-refractivity contribution in [3.05, 3.63) is 82.9 Å². The van der Waals surface area contributed by atoms with Crippen LogP contribution < -0.4 is 0 Å². The summed E-state index contributed by atoms with van der Waals surface area (Å²) in [6.07, 6.45) is 0.586. The number of carbonyl (C=O) groups is 2. The van der Waals surface area contributed by atoms with Crippen LogP contribution in [-0.2, 0) is 16.0 Å². The molecule has 0 saturated heterocycles. The van der Waals surface area contributed by atoms with E-state index in [1.807, 2.05) is 30.3 Å². The molecule has 0 bridgehead atoms. The molecule has 0 aromatic heterocycles. The zero-order chi connectivity index (χ0) is 18.0. The van der Waals surface area contributed by atoms with Crippen LogP contribution in [0.3, 0.4) is 0 Å². The molecule has 4 nitrogen and oxygen atoms in total. The average Bonchev–Trinajstić information content (AvgIpc) is 2.86. The summed E-state index contributed by atoms with van der Waals surface area (Å²) in [5.41, 5.74) is 1.70. The first kappa shape index (κ1) is 16.9. The normalized spacial score (nSPS) is 17.3. The highest BCUT2D eigenvalue weighted by atomic mass is 19.1. The lowest BCUT2D eigenvalue weighted by atomic mass is 9.96. The lowest BCUT2D eigenvalue weighted by Gasteiger charge is -2.26. The van der Waals surface area contributed by atoms with E-state index in [1.165, 1.54) is 36.1 Å². The van der Waals surface area contributed by atoms with Crippen molar-refractivity contribution in [2.24, 2.45) is 0 Å². The topological polar surface area (TPSA) is 57.6 Å². The maximum Gasteiger partial charge on any atom is 0.290 e. The molecule has 2 aromatic carbocycles. The second-order valence-electron chi connectivity index (χ2n) is 6.01. The van der Waals surface area contributed by atoms with Gasteiger partial charge in [0, 0.05) is 6.54 Å². The number of hydrogen-bond acceptors (Lipinski definition) is 3. The highest BCUT2D eigenvalue weighted by Crippen LogP contribution is 2.37. The second kappa shape index (κ2) is 6.89. The summed E-state index contributed by atoms with van der Waals surface area (Å²) in [4.78, 5) is 26.0. The Hall–Kier alpha value is -2.95. The highest BCUT2D eigenvalue weighted by molar-refractivity contribution is 6.08. The molecule has 1 aliphatic heterocycles. The summed E-state index contributed by atoms with van der Waals surface area (Å²) >= 11 is 0. The third-order valence-electron chi connectivity index (χ3n) is 4.35. The van der Waals surface area contributed by atoms with Crippen LogP contribution >= 0.6 is 0 Å². The molecule has 1 amide bonds. The summed E-state index contributed by atoms with van der Waals surface area (Å²) in [6.45, 7) is 1.65. The Morgan fingerprint density at radius 1 is 1.12 bits per heavy atom. The van der Waals surface area contributed by atoms with Crippen LogP contribution in [0.1, 0.15) is 24.1 Å². The molecule has 0 unspecified atom stereocenters. The number of halogens is 1. The zero-order valence-electron chi connectivity index (χ0n) is 13.8. The Kier molecular flexibility index (Phi) is 4.65. The molecular formula is C20H18FNO3. The monoisotopic (exact) mass is 339 g/mol. The van der Waals surface area contributed by atoms with Crippen LogP contribution in [0.25, 0.3) is 0 Å². The van der Waals surface area contributed by atoms with Crippen molar-refractivity contribution in [2.75, 3.05) is 6.54 Å². The third-order valence-corrected chi connectivity index (χ3v) is 4.35. The van der Waals surface area contributed by atoms with Crippen LogP contribution in [0.5, 0.6) is 0 Å². The number of nitrogens with zero attached hydrogens (tertiary/aromatic N) is 1. The minimum atomic E-state index is -0.700. The molecule has 25 heavy (non-hydrogen) atoms. The first-order valence-electron chi connectivity index (χ1n) is 8.03. The van der Waals surface area contributed by atoms with E-state index in [0.717, 1.165) is 5.56 Å². The molecule has 5 heteroatoms. The van der Waals surface area contributed by atoms with Crippen LogP contribution in [-0.4, -0.2) is 28.2 Å². The second-order valence-corrected chi connectivity index (χ2v) is 6.01. The summed E-state index contributed by atoms with van der Waals surface area (Å²) in [7, 11) is 0. The molecule has 0 saturated carbocycles. The Morgan fingerprint density at radius 3 is 2.36 bits per heavy atom. The number of rotatable bonds is 5. The number of aliphatic hydroxyl groups excluding tert-OH is 1. The predicted octanol–water partition coefficient (Wildman–Crippen LogP) is 3.35. The smallest absolute Gasteiger partial charge is 0.290 e. The van der Waals surface area contributed by atoms with Crippen LogP contribution in [0.15, 0.2) is 65.9 Å². The maximum absolute atomic E-state index is 13.2. The number of hydrogen-bond donors (Lipinski definition) is 1. The number of Topliss-reactive ketones (excluding diaryl/α,β-unsaturated/α-hetero) is 1. The molecule has 128 valence electrons. The van der Waals surface area contributed by atoms with Gasteiger partial charge < -0.3 is 10.0 Å². The third kappa shape index (κ3) is 3.31. The van der Waals surface area contributed by atoms with E-state index in [-0.39, 0.29) is 11.4 Å². The lowest BCUT2D eigenvalue weighted by Crippen LogP contribution is -2.32. The molecule has 1 aliphatic rings. The molecule has 0 aliphatic carbocycles. The number of aliphatic hydroxyl groups is 1. The van der Waals surface area contributed by atoms with E-state index in [1.54, 1.807) is 0 Å². The van der Waals surface area contributed by atoms with Crippen molar-refractivity contribution < 1.29 is 19.1 Å². The Labute approximate surface area is 145 Å². The van der Waals surface area contributed by atoms with Gasteiger partial charge in [0.1, 0.15) is 5.82 Å². The number of benzene rings is 2. The summed E-state index contributed by atoms with van der Waals surface area (Å²) < 4.78 is 13.2. The van der Waals surface area contributed by atoms with Gasteiger partial charge in [-0.25, -0.2) is 4.39 Å². The predicted molar refractivity (Wildman–Crippen MR) is 91.3 cm³/mol. The largest absolute Gasteiger partial charge is 0.503 e. The Balaban J connectivity index is 1.93. The quantitative estimate of drug-likeness (QED) is 0.909. The van der Waals surface area contributed by atoms with Gasteiger partial charge in [0.25, 0.3) is 5.91 Å². The molecular weight excluding hydrogens is 321 g/mol. The minimum Gasteiger partial charge on any atom is -0.503 e. The van der Waals surface area contributed by atoms with Gasteiger partial charge in [0.2, 0.25) is 0 Å². The first-order valence-corrected chi connectivity index (χ1v) is 8.03. The Morgan fingerprint density at radius 2 is 1.76 bits per heavy atom. The van der Waals surface area contributed by atoms with Gasteiger partial charge in [-0.2, -0.15) is 0 Å². The summed E-state index contributed by atoms with van der Waals surface area (Å²) in [6, 6.07) is 14.6. The molecule has 0 radical (unpaired) electrons. The van der Waals surface area contributed by atoms with Crippen LogP contribution in [0.2, 0.25) is 0 Å². The first-order chi connectivity index (χ1) is 12.0. The van der Waals surface area contributed by atoms with Gasteiger partial charge in [-0.15, -0.1) is 0 Å². The minimum absolute atomic E-state index is 0.0599. The van der Waals surface area contributed by atoms with Crippen molar-refractivity contribution in [1.82, 2.24) is 4.90 Å². The fourth-order valence-corrected chi connectivity index (χ4v) is 3.13. The lowest BCUT2D eigenvalue weighted by molar-refractivity contribution is -0.129. The van der Waals surface area contributed by atoms with Crippen molar-refractivity contribution in [1.29, 1.82) is 0 Å². The summed E-state index contributed by atoms with van der Waals surface area (Å²) in [5.74, 6) is -1.87. The van der Waals surface area contributed by atoms with Crippen LogP contribution in [0, 0.1) is 5.82 Å².